The SMILES string of the molecule is Cc1ccc2c(c1)NC(C(=O)O)CO2. The molecule has 4 heteroatoms. The standard InChI is InChI=1S/C10H11NO3/c1-6-2-3-9-7(4-6)11-8(5-14-9)10(12)13/h2-4,8,11H,5H2,1H3,(H,12,13). The number of carboxylic acids is 1. The molecule has 0 saturated carbocycles. The summed E-state index contributed by atoms with van der Waals surface area (Å²) in [5.41, 5.74) is 1.83. The van der Waals surface area contributed by atoms with Gasteiger partial charge in [-0.3, -0.25) is 0 Å². The predicted molar refractivity (Wildman–Crippen MR) is 51.7 cm³/mol. The second kappa shape index (κ2) is 3.21. The summed E-state index contributed by atoms with van der Waals surface area (Å²) in [6, 6.07) is 5.01. The Kier molecular flexibility index (Phi) is 2.04. The number of anilines is 1. The highest BCUT2D eigenvalue weighted by Gasteiger charge is 2.24. The Hall–Kier alpha value is -1.71. The molecule has 0 saturated heterocycles. The first-order chi connectivity index (χ1) is 6.66. The van der Waals surface area contributed by atoms with E-state index >= 15 is 0 Å². The second-order valence-electron chi connectivity index (χ2n) is 3.35. The molecule has 1 aromatic carbocycles. The number of ether oxygens (including phenoxy) is 1. The van der Waals surface area contributed by atoms with E-state index in [0.29, 0.717) is 5.75 Å². The average molecular weight is 193 g/mol. The van der Waals surface area contributed by atoms with Gasteiger partial charge in [-0.15, -0.1) is 0 Å². The van der Waals surface area contributed by atoms with Crippen LogP contribution < -0.4 is 10.1 Å². The van der Waals surface area contributed by atoms with E-state index in [2.05, 4.69) is 5.32 Å². The van der Waals surface area contributed by atoms with Gasteiger partial charge < -0.3 is 15.2 Å². The van der Waals surface area contributed by atoms with Gasteiger partial charge in [-0.1, -0.05) is 6.07 Å². The summed E-state index contributed by atoms with van der Waals surface area (Å²) in [6.45, 7) is 2.12. The molecule has 1 aliphatic heterocycles. The Balaban J connectivity index is 2.29. The lowest BCUT2D eigenvalue weighted by Gasteiger charge is -2.24. The van der Waals surface area contributed by atoms with Crippen LogP contribution in [0.5, 0.6) is 5.75 Å². The summed E-state index contributed by atoms with van der Waals surface area (Å²) in [5, 5.41) is 11.7. The highest BCUT2D eigenvalue weighted by Crippen LogP contribution is 2.29. The fraction of sp³-hybridized carbons (Fsp3) is 0.300. The summed E-state index contributed by atoms with van der Waals surface area (Å²) >= 11 is 0. The smallest absolute Gasteiger partial charge is 0.329 e. The molecule has 0 aromatic heterocycles. The molecule has 0 spiro atoms. The highest BCUT2D eigenvalue weighted by atomic mass is 16.5. The largest absolute Gasteiger partial charge is 0.489 e. The van der Waals surface area contributed by atoms with Gasteiger partial charge in [0.2, 0.25) is 0 Å². The number of benzene rings is 1. The quantitative estimate of drug-likeness (QED) is 0.704. The molecule has 14 heavy (non-hydrogen) atoms. The normalized spacial score (nSPS) is 19.1. The maximum Gasteiger partial charge on any atom is 0.329 e. The predicted octanol–water partition coefficient (Wildman–Crippen LogP) is 1.25. The Morgan fingerprint density at radius 1 is 1.64 bits per heavy atom. The highest BCUT2D eigenvalue weighted by molar-refractivity contribution is 5.79. The number of hydrogen-bond acceptors (Lipinski definition) is 3. The number of carboxylic acid groups (broad SMARTS) is 1. The molecule has 0 amide bonds. The second-order valence-corrected chi connectivity index (χ2v) is 3.35. The number of hydrogen-bond donors (Lipinski definition) is 2. The third-order valence-corrected chi connectivity index (χ3v) is 2.17. The van der Waals surface area contributed by atoms with Gasteiger partial charge in [-0.25, -0.2) is 4.79 Å². The molecule has 0 bridgehead atoms. The van der Waals surface area contributed by atoms with Crippen LogP contribution in [-0.4, -0.2) is 23.7 Å². The van der Waals surface area contributed by atoms with Crippen LogP contribution in [0.1, 0.15) is 5.56 Å². The maximum atomic E-state index is 10.7. The van der Waals surface area contributed by atoms with Gasteiger partial charge in [0.15, 0.2) is 6.04 Å². The monoisotopic (exact) mass is 193 g/mol. The maximum absolute atomic E-state index is 10.7. The zero-order valence-corrected chi connectivity index (χ0v) is 7.78. The Morgan fingerprint density at radius 2 is 2.43 bits per heavy atom. The number of nitrogens with one attached hydrogen (secondary N) is 1. The number of aliphatic carboxylic acids is 1. The number of rotatable bonds is 1. The van der Waals surface area contributed by atoms with Crippen molar-refractivity contribution in [2.45, 2.75) is 13.0 Å². The number of fused-ring (bicyclic) bond motifs is 1. The zero-order chi connectivity index (χ0) is 10.1. The third kappa shape index (κ3) is 1.51. The summed E-state index contributed by atoms with van der Waals surface area (Å²) in [6.07, 6.45) is 0. The lowest BCUT2D eigenvalue weighted by Crippen LogP contribution is -2.38. The van der Waals surface area contributed by atoms with Crippen molar-refractivity contribution in [3.63, 3.8) is 0 Å². The van der Waals surface area contributed by atoms with Crippen LogP contribution in [0.2, 0.25) is 0 Å². The molecule has 4 nitrogen and oxygen atoms in total. The summed E-state index contributed by atoms with van der Waals surface area (Å²) in [5.74, 6) is -0.176. The Bertz CT molecular complexity index is 376. The average Bonchev–Trinajstić information content (AvgIpc) is 2.16. The van der Waals surface area contributed by atoms with Crippen molar-refractivity contribution >= 4 is 11.7 Å². The van der Waals surface area contributed by atoms with Crippen LogP contribution in [0.15, 0.2) is 18.2 Å². The van der Waals surface area contributed by atoms with E-state index in [1.54, 1.807) is 0 Å². The minimum Gasteiger partial charge on any atom is -0.489 e. The van der Waals surface area contributed by atoms with E-state index in [-0.39, 0.29) is 6.61 Å². The van der Waals surface area contributed by atoms with Crippen molar-refractivity contribution in [1.29, 1.82) is 0 Å². The van der Waals surface area contributed by atoms with Gasteiger partial charge in [0, 0.05) is 0 Å². The molecular formula is C10H11NO3. The Labute approximate surface area is 81.5 Å². The Morgan fingerprint density at radius 3 is 3.14 bits per heavy atom. The van der Waals surface area contributed by atoms with E-state index in [1.807, 2.05) is 25.1 Å². The molecule has 2 rings (SSSR count). The van der Waals surface area contributed by atoms with Gasteiger partial charge in [0.05, 0.1) is 5.69 Å². The van der Waals surface area contributed by atoms with Crippen molar-refractivity contribution in [3.05, 3.63) is 23.8 Å². The van der Waals surface area contributed by atoms with E-state index in [4.69, 9.17) is 9.84 Å². The van der Waals surface area contributed by atoms with Crippen LogP contribution in [0.4, 0.5) is 5.69 Å². The number of carbonyl (C=O) groups is 1. The summed E-state index contributed by atoms with van der Waals surface area (Å²) < 4.78 is 5.31. The molecule has 0 aliphatic carbocycles. The summed E-state index contributed by atoms with van der Waals surface area (Å²) in [4.78, 5) is 10.7. The van der Waals surface area contributed by atoms with Crippen molar-refractivity contribution < 1.29 is 14.6 Å². The van der Waals surface area contributed by atoms with Gasteiger partial charge in [-0.2, -0.15) is 0 Å². The van der Waals surface area contributed by atoms with Crippen LogP contribution in [0.25, 0.3) is 0 Å². The van der Waals surface area contributed by atoms with Gasteiger partial charge >= 0.3 is 5.97 Å². The molecule has 2 N–H and O–H groups in total. The van der Waals surface area contributed by atoms with Crippen LogP contribution >= 0.6 is 0 Å². The molecule has 1 unspecified atom stereocenters. The molecule has 0 fully saturated rings. The summed E-state index contributed by atoms with van der Waals surface area (Å²) in [7, 11) is 0. The molecule has 0 radical (unpaired) electrons. The molecule has 1 aromatic rings. The topological polar surface area (TPSA) is 58.6 Å². The van der Waals surface area contributed by atoms with Gasteiger partial charge in [0.25, 0.3) is 0 Å². The van der Waals surface area contributed by atoms with E-state index in [1.165, 1.54) is 0 Å². The van der Waals surface area contributed by atoms with E-state index in [9.17, 15) is 4.79 Å². The van der Waals surface area contributed by atoms with Gasteiger partial charge in [0.1, 0.15) is 12.4 Å². The first-order valence-electron chi connectivity index (χ1n) is 4.39. The van der Waals surface area contributed by atoms with Gasteiger partial charge in [-0.05, 0) is 24.6 Å². The minimum absolute atomic E-state index is 0.172. The minimum atomic E-state index is -0.892. The van der Waals surface area contributed by atoms with Crippen molar-refractivity contribution in [1.82, 2.24) is 0 Å². The lowest BCUT2D eigenvalue weighted by atomic mass is 10.1. The van der Waals surface area contributed by atoms with Crippen LogP contribution in [0.3, 0.4) is 0 Å². The van der Waals surface area contributed by atoms with Crippen molar-refractivity contribution in [2.75, 3.05) is 11.9 Å². The van der Waals surface area contributed by atoms with E-state index in [0.717, 1.165) is 11.3 Å². The first kappa shape index (κ1) is 8.87. The lowest BCUT2D eigenvalue weighted by molar-refractivity contribution is -0.138. The molecule has 1 heterocycles. The third-order valence-electron chi connectivity index (χ3n) is 2.17. The number of aryl methyl sites for hydroxylation is 1. The van der Waals surface area contributed by atoms with Crippen molar-refractivity contribution in [3.8, 4) is 5.75 Å². The fourth-order valence-electron chi connectivity index (χ4n) is 1.42. The van der Waals surface area contributed by atoms with Crippen LogP contribution in [-0.2, 0) is 4.79 Å². The molecule has 1 atom stereocenters. The zero-order valence-electron chi connectivity index (χ0n) is 7.78. The molecule has 74 valence electrons. The van der Waals surface area contributed by atoms with Crippen molar-refractivity contribution in [2.24, 2.45) is 0 Å². The van der Waals surface area contributed by atoms with E-state index < -0.39 is 12.0 Å². The molecular weight excluding hydrogens is 182 g/mol. The first-order valence-corrected chi connectivity index (χ1v) is 4.39. The fourth-order valence-corrected chi connectivity index (χ4v) is 1.42. The molecule has 1 aliphatic rings. The van der Waals surface area contributed by atoms with Crippen LogP contribution in [0, 0.1) is 6.92 Å².